The Hall–Kier alpha value is -5.16. The van der Waals surface area contributed by atoms with E-state index >= 15 is 0 Å². The highest BCUT2D eigenvalue weighted by Crippen LogP contribution is 2.28. The molecule has 0 saturated carbocycles. The third-order valence-electron chi connectivity index (χ3n) is 10.3. The van der Waals surface area contributed by atoms with Crippen molar-refractivity contribution in [2.24, 2.45) is 0 Å². The number of aryl methyl sites for hydroxylation is 6. The van der Waals surface area contributed by atoms with Crippen molar-refractivity contribution in [2.75, 3.05) is 6.26 Å². The molecule has 0 atom stereocenters. The first-order chi connectivity index (χ1) is 24.5. The van der Waals surface area contributed by atoms with Crippen LogP contribution in [0.1, 0.15) is 93.8 Å². The largest absolute Gasteiger partial charge is 0.362 e. The quantitative estimate of drug-likeness (QED) is 0.125. The lowest BCUT2D eigenvalue weighted by Gasteiger charge is -2.17. The summed E-state index contributed by atoms with van der Waals surface area (Å²) in [5, 5.41) is 0. The highest BCUT2D eigenvalue weighted by molar-refractivity contribution is 7.90. The van der Waals surface area contributed by atoms with Gasteiger partial charge in [-0.15, -0.1) is 0 Å². The van der Waals surface area contributed by atoms with Crippen LogP contribution < -0.4 is 0 Å². The molecular formula is C46H48N2O3S. The van der Waals surface area contributed by atoms with Gasteiger partial charge in [-0.2, -0.15) is 4.79 Å². The van der Waals surface area contributed by atoms with E-state index in [0.29, 0.717) is 5.56 Å². The first-order valence-corrected chi connectivity index (χ1v) is 19.5. The molecule has 0 N–H and O–H groups in total. The number of sulfone groups is 1. The summed E-state index contributed by atoms with van der Waals surface area (Å²) >= 11 is 0. The SMILES string of the molecule is CS(=O)(=O)c1cccc2c1C=CC(=[N+]=[N-])C2=O.Cc1ccc(C)c(Cc2cc(Cc3cc(C)c(C)c(Cc4cc(C)ccc4C)c3)cc(C)c2C)c1. The van der Waals surface area contributed by atoms with Crippen LogP contribution in [0, 0.1) is 55.4 Å². The Kier molecular flexibility index (Phi) is 11.4. The fourth-order valence-corrected chi connectivity index (χ4v) is 7.82. The third-order valence-corrected chi connectivity index (χ3v) is 11.5. The number of hydrogen-bond acceptors (Lipinski definition) is 3. The summed E-state index contributed by atoms with van der Waals surface area (Å²) in [4.78, 5) is 14.7. The van der Waals surface area contributed by atoms with Crippen LogP contribution in [0.5, 0.6) is 0 Å². The molecule has 0 aromatic heterocycles. The molecular weight excluding hydrogens is 661 g/mol. The lowest BCUT2D eigenvalue weighted by molar-refractivity contribution is -0.00436. The Bertz CT molecular complexity index is 2300. The number of hydrogen-bond donors (Lipinski definition) is 0. The van der Waals surface area contributed by atoms with Gasteiger partial charge in [-0.05, 0) is 154 Å². The predicted octanol–water partition coefficient (Wildman–Crippen LogP) is 9.90. The molecule has 6 heteroatoms. The van der Waals surface area contributed by atoms with Gasteiger partial charge in [0.25, 0.3) is 5.78 Å². The number of carbonyl (C=O) groups excluding carboxylic acids is 1. The molecule has 5 nitrogen and oxygen atoms in total. The molecule has 0 aliphatic heterocycles. The lowest BCUT2D eigenvalue weighted by atomic mass is 9.88. The Morgan fingerprint density at radius 3 is 1.54 bits per heavy atom. The topological polar surface area (TPSA) is 87.6 Å². The maximum Gasteiger partial charge on any atom is 0.362 e. The third kappa shape index (κ3) is 8.65. The van der Waals surface area contributed by atoms with E-state index in [2.05, 4.69) is 121 Å². The van der Waals surface area contributed by atoms with E-state index in [-0.39, 0.29) is 16.2 Å². The van der Waals surface area contributed by atoms with Crippen LogP contribution in [-0.2, 0) is 29.1 Å². The fourth-order valence-electron chi connectivity index (χ4n) is 6.92. The molecule has 0 radical (unpaired) electrons. The van der Waals surface area contributed by atoms with E-state index in [9.17, 15) is 13.2 Å². The second-order valence-corrected chi connectivity index (χ2v) is 16.4. The molecule has 0 unspecified atom stereocenters. The molecule has 1 aliphatic rings. The van der Waals surface area contributed by atoms with Crippen LogP contribution in [0.15, 0.2) is 89.8 Å². The van der Waals surface area contributed by atoms with Crippen molar-refractivity contribution < 1.29 is 18.0 Å². The van der Waals surface area contributed by atoms with Gasteiger partial charge in [0.1, 0.15) is 0 Å². The van der Waals surface area contributed by atoms with E-state index in [1.54, 1.807) is 0 Å². The molecule has 0 fully saturated rings. The van der Waals surface area contributed by atoms with Crippen LogP contribution in [0.4, 0.5) is 0 Å². The molecule has 0 spiro atoms. The van der Waals surface area contributed by atoms with E-state index in [1.807, 2.05) is 0 Å². The predicted molar refractivity (Wildman–Crippen MR) is 214 cm³/mol. The molecule has 266 valence electrons. The molecule has 1 aliphatic carbocycles. The lowest BCUT2D eigenvalue weighted by Crippen LogP contribution is -2.19. The number of fused-ring (bicyclic) bond motifs is 1. The number of rotatable bonds is 7. The fraction of sp³-hybridized carbons (Fsp3) is 0.261. The number of ketones is 1. The first-order valence-electron chi connectivity index (χ1n) is 17.6. The summed E-state index contributed by atoms with van der Waals surface area (Å²) in [6, 6.07) is 27.7. The van der Waals surface area contributed by atoms with Crippen molar-refractivity contribution in [1.82, 2.24) is 0 Å². The van der Waals surface area contributed by atoms with Gasteiger partial charge in [0.2, 0.25) is 0 Å². The summed E-state index contributed by atoms with van der Waals surface area (Å²) in [6.45, 7) is 17.9. The van der Waals surface area contributed by atoms with Gasteiger partial charge in [0, 0.05) is 23.5 Å². The van der Waals surface area contributed by atoms with Crippen molar-refractivity contribution in [3.8, 4) is 0 Å². The number of allylic oxidation sites excluding steroid dienone is 1. The Morgan fingerprint density at radius 1 is 0.577 bits per heavy atom. The van der Waals surface area contributed by atoms with Crippen LogP contribution in [0.25, 0.3) is 11.6 Å². The van der Waals surface area contributed by atoms with Crippen molar-refractivity contribution >= 4 is 27.4 Å². The average Bonchev–Trinajstić information content (AvgIpc) is 3.08. The van der Waals surface area contributed by atoms with Gasteiger partial charge in [-0.1, -0.05) is 83.9 Å². The zero-order valence-corrected chi connectivity index (χ0v) is 32.6. The van der Waals surface area contributed by atoms with Gasteiger partial charge in [0.05, 0.1) is 4.90 Å². The zero-order valence-electron chi connectivity index (χ0n) is 31.8. The minimum Gasteiger partial charge on any atom is -0.361 e. The number of benzene rings is 5. The number of nitrogens with zero attached hydrogens (tertiary/aromatic N) is 2. The monoisotopic (exact) mass is 708 g/mol. The average molecular weight is 709 g/mol. The van der Waals surface area contributed by atoms with E-state index in [4.69, 9.17) is 5.53 Å². The molecule has 52 heavy (non-hydrogen) atoms. The minimum absolute atomic E-state index is 0.0941. The highest BCUT2D eigenvalue weighted by Gasteiger charge is 2.28. The Morgan fingerprint density at radius 2 is 1.08 bits per heavy atom. The minimum atomic E-state index is -3.40. The van der Waals surface area contributed by atoms with Gasteiger partial charge in [0.15, 0.2) is 9.84 Å². The van der Waals surface area contributed by atoms with Crippen molar-refractivity contribution in [3.63, 3.8) is 0 Å². The normalized spacial score (nSPS) is 12.2. The molecule has 5 aromatic carbocycles. The summed E-state index contributed by atoms with van der Waals surface area (Å²) < 4.78 is 23.1. The van der Waals surface area contributed by atoms with Crippen molar-refractivity contribution in [1.29, 1.82) is 0 Å². The molecule has 0 heterocycles. The standard InChI is InChI=1S/C35H40.C11H8N2O3S/c1-22-9-11-24(3)32(13-22)20-34-18-30(15-26(5)28(34)7)17-31-16-27(6)29(8)35(19-31)21-33-14-23(2)10-12-25(33)4;1-17(15,16)10-4-2-3-8-7(10)5-6-9(13-12)11(8)14/h9-16,18-19H,17,20-21H2,1-8H3;2-6H,1H3. The van der Waals surface area contributed by atoms with Crippen LogP contribution in [0.2, 0.25) is 0 Å². The zero-order chi connectivity index (χ0) is 37.9. The summed E-state index contributed by atoms with van der Waals surface area (Å²) in [7, 11) is -3.40. The summed E-state index contributed by atoms with van der Waals surface area (Å²) in [6.07, 6.45) is 6.80. The molecule has 0 saturated heterocycles. The number of carbonyl (C=O) groups is 1. The molecule has 0 amide bonds. The molecule has 0 bridgehead atoms. The summed E-state index contributed by atoms with van der Waals surface area (Å²) in [5.74, 6) is -0.490. The maximum absolute atomic E-state index is 11.8. The van der Waals surface area contributed by atoms with E-state index in [0.717, 1.165) is 25.5 Å². The first kappa shape index (κ1) is 38.1. The molecule has 6 rings (SSSR count). The maximum atomic E-state index is 11.8. The van der Waals surface area contributed by atoms with Gasteiger partial charge in [-0.3, -0.25) is 4.79 Å². The van der Waals surface area contributed by atoms with E-state index in [1.165, 1.54) is 108 Å². The second-order valence-electron chi connectivity index (χ2n) is 14.4. The van der Waals surface area contributed by atoms with Crippen LogP contribution in [-0.4, -0.2) is 31.0 Å². The van der Waals surface area contributed by atoms with Crippen molar-refractivity contribution in [3.05, 3.63) is 179 Å². The van der Waals surface area contributed by atoms with Crippen molar-refractivity contribution in [2.45, 2.75) is 79.5 Å². The number of Topliss-reactive ketones (excluding diaryl/α,β-unsaturated/α-hetero) is 1. The van der Waals surface area contributed by atoms with Gasteiger partial charge in [-0.25, -0.2) is 8.42 Å². The highest BCUT2D eigenvalue weighted by atomic mass is 32.2. The second kappa shape index (κ2) is 15.6. The Labute approximate surface area is 309 Å². The van der Waals surface area contributed by atoms with Crippen LogP contribution >= 0.6 is 0 Å². The molecule has 5 aromatic rings. The van der Waals surface area contributed by atoms with Gasteiger partial charge >= 0.3 is 5.71 Å². The Balaban J connectivity index is 0.000000257. The smallest absolute Gasteiger partial charge is 0.361 e. The summed E-state index contributed by atoms with van der Waals surface area (Å²) in [5.41, 5.74) is 28.7. The van der Waals surface area contributed by atoms with Crippen LogP contribution in [0.3, 0.4) is 0 Å². The van der Waals surface area contributed by atoms with Gasteiger partial charge < -0.3 is 5.53 Å². The van der Waals surface area contributed by atoms with E-state index < -0.39 is 15.6 Å².